The summed E-state index contributed by atoms with van der Waals surface area (Å²) < 4.78 is 4.69. The third-order valence-electron chi connectivity index (χ3n) is 5.52. The summed E-state index contributed by atoms with van der Waals surface area (Å²) in [7, 11) is 0. The van der Waals surface area contributed by atoms with Crippen LogP contribution in [-0.4, -0.2) is 193 Å². The van der Waals surface area contributed by atoms with Crippen LogP contribution in [0.15, 0.2) is 21.5 Å². The van der Waals surface area contributed by atoms with Gasteiger partial charge in [0, 0.05) is 6.07 Å². The monoisotopic (exact) mass is 767 g/mol. The van der Waals surface area contributed by atoms with Crippen LogP contribution in [0.2, 0.25) is 0 Å². The second kappa shape index (κ2) is 26.9. The zero-order valence-electron chi connectivity index (χ0n) is 25.0. The quantitative estimate of drug-likeness (QED) is 0.0737. The van der Waals surface area contributed by atoms with Crippen molar-refractivity contribution in [2.24, 2.45) is 0 Å². The van der Waals surface area contributed by atoms with Gasteiger partial charge in [0.05, 0.1) is 44.0 Å². The van der Waals surface area contributed by atoms with Gasteiger partial charge >= 0.3 is 17.1 Å². The van der Waals surface area contributed by atoms with Crippen molar-refractivity contribution in [3.8, 4) is 5.75 Å². The van der Waals surface area contributed by atoms with Crippen LogP contribution in [0.25, 0.3) is 0 Å². The SMILES string of the molecule is Cc1occc(=O)c1O.O=C([O-])[C@H](O)[C@@H](O)[C@H](O)[C@H](O)CO.O=C([O-])[C@H](O)[C@@H](O)[C@H](O)[C@H](O)CO.O=C([O-])[C@H](O)[C@@H](O)[C@H](O)[C@H](O)CO.[Fe+3]. The molecule has 0 amide bonds. The van der Waals surface area contributed by atoms with E-state index in [-0.39, 0.29) is 28.6 Å². The molecule has 0 aliphatic carbocycles. The maximum absolute atomic E-state index is 10.5. The second-order valence-electron chi connectivity index (χ2n) is 9.17. The maximum Gasteiger partial charge on any atom is 3.00 e. The summed E-state index contributed by atoms with van der Waals surface area (Å²) in [5.74, 6) is -5.98. The largest absolute Gasteiger partial charge is 3.00 e. The van der Waals surface area contributed by atoms with Crippen molar-refractivity contribution in [3.63, 3.8) is 0 Å². The van der Waals surface area contributed by atoms with E-state index in [2.05, 4.69) is 4.42 Å². The fraction of sp³-hybridized carbons (Fsp3) is 0.667. The number of aliphatic carboxylic acids is 3. The van der Waals surface area contributed by atoms with Crippen molar-refractivity contribution < 1.29 is 133 Å². The molecule has 0 bridgehead atoms. The maximum atomic E-state index is 10.5. The van der Waals surface area contributed by atoms with Crippen molar-refractivity contribution in [1.82, 2.24) is 0 Å². The van der Waals surface area contributed by atoms with E-state index in [0.717, 1.165) is 0 Å². The zero-order chi connectivity index (χ0) is 38.6. The molecule has 0 spiro atoms. The Morgan fingerprint density at radius 3 is 1.00 bits per heavy atom. The Labute approximate surface area is 285 Å². The smallest absolute Gasteiger partial charge is 0.547 e. The van der Waals surface area contributed by atoms with Crippen molar-refractivity contribution in [1.29, 1.82) is 0 Å². The molecule has 25 heteroatoms. The fourth-order valence-electron chi connectivity index (χ4n) is 2.49. The predicted molar refractivity (Wildman–Crippen MR) is 140 cm³/mol. The van der Waals surface area contributed by atoms with Crippen LogP contribution in [0.3, 0.4) is 0 Å². The first-order valence-corrected chi connectivity index (χ1v) is 12.9. The minimum absolute atomic E-state index is 0. The third-order valence-corrected chi connectivity index (χ3v) is 5.52. The predicted octanol–water partition coefficient (Wildman–Crippen LogP) is -13.8. The molecule has 0 aliphatic rings. The average molecular weight is 767 g/mol. The number of carbonyl (C=O) groups excluding carboxylic acids is 3. The molecule has 12 atom stereocenters. The molecule has 0 fully saturated rings. The molecule has 24 nitrogen and oxygen atoms in total. The van der Waals surface area contributed by atoms with Gasteiger partial charge in [-0.2, -0.15) is 0 Å². The summed E-state index contributed by atoms with van der Waals surface area (Å²) in [6, 6.07) is 1.17. The summed E-state index contributed by atoms with van der Waals surface area (Å²) in [5, 5.41) is 169. The summed E-state index contributed by atoms with van der Waals surface area (Å²) in [4.78, 5) is 40.5. The van der Waals surface area contributed by atoms with E-state index in [9.17, 15) is 34.5 Å². The Kier molecular flexibility index (Phi) is 29.0. The van der Waals surface area contributed by atoms with Crippen LogP contribution < -0.4 is 20.7 Å². The molecule has 0 saturated heterocycles. The number of carbonyl (C=O) groups is 3. The van der Waals surface area contributed by atoms with E-state index >= 15 is 0 Å². The Bertz CT molecular complexity index is 1030. The summed E-state index contributed by atoms with van der Waals surface area (Å²) in [6.45, 7) is -1.06. The topological polar surface area (TPSA) is 474 Å². The van der Waals surface area contributed by atoms with Gasteiger partial charge < -0.3 is 116 Å². The van der Waals surface area contributed by atoms with Gasteiger partial charge in [-0.15, -0.1) is 0 Å². The number of hydrogen-bond donors (Lipinski definition) is 16. The van der Waals surface area contributed by atoms with Gasteiger partial charge in [0.1, 0.15) is 79.0 Å². The standard InChI is InChI=1S/3C6H12O7.C6H6O3.Fe/c3*7-1-2(8)3(9)4(10)5(11)6(12)13;1-4-6(8)5(7)2-3-9-4;/h3*2-5,7-11H,1H2,(H,12,13);2-3,8H,1H3;/q;;;;+3/p-3/t3*2-,3-,4+,5-;;/m111../s1. The molecule has 0 saturated carbocycles. The second-order valence-corrected chi connectivity index (χ2v) is 9.17. The zero-order valence-corrected chi connectivity index (χ0v) is 26.1. The molecule has 0 aliphatic heterocycles. The first-order chi connectivity index (χ1) is 22.0. The Hall–Kier alpha value is -2.92. The van der Waals surface area contributed by atoms with Crippen LogP contribution >= 0.6 is 0 Å². The number of carboxylic acid groups (broad SMARTS) is 3. The van der Waals surface area contributed by atoms with Crippen LogP contribution in [0, 0.1) is 6.92 Å². The minimum Gasteiger partial charge on any atom is -0.547 e. The fourth-order valence-corrected chi connectivity index (χ4v) is 2.49. The van der Waals surface area contributed by atoms with Gasteiger partial charge in [0.2, 0.25) is 11.2 Å². The molecule has 49 heavy (non-hydrogen) atoms. The average Bonchev–Trinajstić information content (AvgIpc) is 3.06. The molecule has 1 radical (unpaired) electrons. The summed E-state index contributed by atoms with van der Waals surface area (Å²) in [6.07, 6.45) is -23.0. The molecule has 1 aromatic rings. The number of rotatable bonds is 15. The Morgan fingerprint density at radius 2 is 0.837 bits per heavy atom. The molecule has 0 unspecified atom stereocenters. The first kappa shape index (κ1) is 52.9. The van der Waals surface area contributed by atoms with Gasteiger partial charge in [-0.1, -0.05) is 0 Å². The molecular weight excluding hydrogens is 728 g/mol. The van der Waals surface area contributed by atoms with Gasteiger partial charge in [-0.25, -0.2) is 0 Å². The van der Waals surface area contributed by atoms with Gasteiger partial charge in [-0.05, 0) is 6.92 Å². The minimum atomic E-state index is -2.31. The molecule has 287 valence electrons. The molecule has 0 aromatic carbocycles. The van der Waals surface area contributed by atoms with Crippen LogP contribution in [0.5, 0.6) is 5.75 Å². The number of aliphatic hydroxyl groups excluding tert-OH is 15. The summed E-state index contributed by atoms with van der Waals surface area (Å²) >= 11 is 0. The molecular formula is C24H39FeO24. The summed E-state index contributed by atoms with van der Waals surface area (Å²) in [5.41, 5.74) is -0.404. The van der Waals surface area contributed by atoms with E-state index in [0.29, 0.717) is 0 Å². The van der Waals surface area contributed by atoms with Crippen LogP contribution in [0.1, 0.15) is 5.76 Å². The molecule has 1 heterocycles. The van der Waals surface area contributed by atoms with E-state index in [1.54, 1.807) is 0 Å². The molecule has 16 N–H and O–H groups in total. The number of carboxylic acids is 3. The molecule has 1 rings (SSSR count). The number of hydrogen-bond acceptors (Lipinski definition) is 24. The van der Waals surface area contributed by atoms with Gasteiger partial charge in [0.15, 0.2) is 0 Å². The number of aryl methyl sites for hydroxylation is 1. The normalized spacial score (nSPS) is 18.0. The number of aromatic hydroxyl groups is 1. The van der Waals surface area contributed by atoms with Gasteiger partial charge in [-0.3, -0.25) is 4.79 Å². The third kappa shape index (κ3) is 19.8. The number of aliphatic hydroxyl groups is 15. The Morgan fingerprint density at radius 1 is 0.592 bits per heavy atom. The van der Waals surface area contributed by atoms with Crippen molar-refractivity contribution in [3.05, 3.63) is 28.3 Å². The van der Waals surface area contributed by atoms with Crippen LogP contribution in [-0.2, 0) is 31.5 Å². The van der Waals surface area contributed by atoms with Gasteiger partial charge in [0.25, 0.3) is 0 Å². The van der Waals surface area contributed by atoms with Crippen molar-refractivity contribution in [2.75, 3.05) is 19.8 Å². The first-order valence-electron chi connectivity index (χ1n) is 12.9. The van der Waals surface area contributed by atoms with E-state index in [4.69, 9.17) is 81.7 Å². The van der Waals surface area contributed by atoms with E-state index < -0.39 is 116 Å². The Balaban J connectivity index is -0.000000276. The van der Waals surface area contributed by atoms with E-state index in [1.165, 1.54) is 19.3 Å². The van der Waals surface area contributed by atoms with Crippen molar-refractivity contribution >= 4 is 17.9 Å². The van der Waals surface area contributed by atoms with E-state index in [1.807, 2.05) is 0 Å². The van der Waals surface area contributed by atoms with Crippen molar-refractivity contribution in [2.45, 2.75) is 80.2 Å². The van der Waals surface area contributed by atoms with Crippen LogP contribution in [0.4, 0.5) is 0 Å². The molecule has 1 aromatic heterocycles.